The number of hydrogen-bond acceptors (Lipinski definition) is 6. The van der Waals surface area contributed by atoms with Gasteiger partial charge in [-0.25, -0.2) is 4.98 Å². The van der Waals surface area contributed by atoms with Gasteiger partial charge in [0.15, 0.2) is 0 Å². The summed E-state index contributed by atoms with van der Waals surface area (Å²) in [5, 5.41) is 6.17. The lowest BCUT2D eigenvalue weighted by Gasteiger charge is -2.56. The fraction of sp³-hybridized carbons (Fsp3) is 0.714. The minimum atomic E-state index is 0.0557. The first-order valence-electron chi connectivity index (χ1n) is 10.9. The summed E-state index contributed by atoms with van der Waals surface area (Å²) in [6, 6.07) is 2.18. The zero-order chi connectivity index (χ0) is 20.4. The van der Waals surface area contributed by atoms with Gasteiger partial charge >= 0.3 is 0 Å². The number of aromatic nitrogens is 2. The van der Waals surface area contributed by atoms with E-state index in [4.69, 9.17) is 0 Å². The van der Waals surface area contributed by atoms with Crippen LogP contribution in [-0.2, 0) is 9.59 Å². The van der Waals surface area contributed by atoms with E-state index in [1.807, 2.05) is 20.0 Å². The van der Waals surface area contributed by atoms with Crippen molar-refractivity contribution in [3.63, 3.8) is 0 Å². The number of carbonyl (C=O) groups excluding carboxylic acids is 2. The fourth-order valence-electron chi connectivity index (χ4n) is 5.37. The number of nitrogens with one attached hydrogen (secondary N) is 2. The molecular weight excluding hydrogens is 368 g/mol. The van der Waals surface area contributed by atoms with E-state index in [2.05, 4.69) is 30.4 Å². The molecule has 0 aromatic carbocycles. The van der Waals surface area contributed by atoms with Gasteiger partial charge in [0, 0.05) is 51.8 Å². The third-order valence-corrected chi connectivity index (χ3v) is 6.66. The molecule has 3 aliphatic rings. The van der Waals surface area contributed by atoms with Gasteiger partial charge in [0.1, 0.15) is 5.82 Å². The standard InChI is InChI=1S/C21H32N6O2/c1-3-5-19(28)24-11-17-15-10-14(16-6-4-7-20(29)27(16)17)12-26(13-15)21-23-9-8-18(22-2)25-21/h8-9,14-17H,3-7,10-13H2,1-2H3,(H,24,28)(H,22,23,25)/t14-,15+,16+,17+/m1/s1. The summed E-state index contributed by atoms with van der Waals surface area (Å²) in [6.45, 7) is 4.25. The molecule has 8 heteroatoms. The van der Waals surface area contributed by atoms with Crippen LogP contribution in [0.2, 0.25) is 0 Å². The van der Waals surface area contributed by atoms with Crippen LogP contribution < -0.4 is 15.5 Å². The summed E-state index contributed by atoms with van der Waals surface area (Å²) in [4.78, 5) is 38.5. The first-order chi connectivity index (χ1) is 14.1. The van der Waals surface area contributed by atoms with Crippen LogP contribution in [0, 0.1) is 11.8 Å². The number of anilines is 2. The molecule has 4 rings (SSSR count). The van der Waals surface area contributed by atoms with Crippen LogP contribution in [-0.4, -0.2) is 65.4 Å². The maximum absolute atomic E-state index is 12.8. The molecular formula is C21H32N6O2. The van der Waals surface area contributed by atoms with E-state index in [1.165, 1.54) is 0 Å². The zero-order valence-corrected chi connectivity index (χ0v) is 17.4. The van der Waals surface area contributed by atoms with Gasteiger partial charge in [-0.3, -0.25) is 9.59 Å². The highest BCUT2D eigenvalue weighted by molar-refractivity contribution is 5.79. The number of hydrogen-bond donors (Lipinski definition) is 2. The zero-order valence-electron chi connectivity index (χ0n) is 17.4. The molecule has 0 saturated carbocycles. The molecule has 4 heterocycles. The summed E-state index contributed by atoms with van der Waals surface area (Å²) in [5.41, 5.74) is 0. The molecule has 1 aromatic heterocycles. The monoisotopic (exact) mass is 400 g/mol. The third kappa shape index (κ3) is 4.02. The molecule has 3 saturated heterocycles. The van der Waals surface area contributed by atoms with Gasteiger partial charge in [-0.05, 0) is 43.6 Å². The molecule has 8 nitrogen and oxygen atoms in total. The minimum absolute atomic E-state index is 0.0557. The predicted molar refractivity (Wildman–Crippen MR) is 112 cm³/mol. The van der Waals surface area contributed by atoms with Gasteiger partial charge in [-0.15, -0.1) is 0 Å². The largest absolute Gasteiger partial charge is 0.373 e. The Hall–Kier alpha value is -2.38. The van der Waals surface area contributed by atoms with Crippen molar-refractivity contribution in [3.05, 3.63) is 12.3 Å². The second-order valence-electron chi connectivity index (χ2n) is 8.53. The van der Waals surface area contributed by atoms with Crippen LogP contribution in [0.5, 0.6) is 0 Å². The Morgan fingerprint density at radius 1 is 1.31 bits per heavy atom. The third-order valence-electron chi connectivity index (χ3n) is 6.66. The topological polar surface area (TPSA) is 90.5 Å². The van der Waals surface area contributed by atoms with Crippen molar-refractivity contribution in [2.75, 3.05) is 36.9 Å². The lowest BCUT2D eigenvalue weighted by molar-refractivity contribution is -0.149. The van der Waals surface area contributed by atoms with E-state index in [9.17, 15) is 9.59 Å². The van der Waals surface area contributed by atoms with E-state index in [0.29, 0.717) is 31.2 Å². The smallest absolute Gasteiger partial charge is 0.227 e. The number of fused-ring (bicyclic) bond motifs is 4. The van der Waals surface area contributed by atoms with Gasteiger partial charge in [0.25, 0.3) is 0 Å². The Balaban J connectivity index is 1.57. The highest BCUT2D eigenvalue weighted by Crippen LogP contribution is 2.42. The SMILES string of the molecule is CCCC(=O)NC[C@H]1[C@H]2C[C@H](CN(c3nccc(NC)n3)C2)[C@@H]2CCCC(=O)N21. The number of piperidine rings is 3. The Bertz CT molecular complexity index is 756. The van der Waals surface area contributed by atoms with Gasteiger partial charge in [0.2, 0.25) is 17.8 Å². The Morgan fingerprint density at radius 3 is 2.93 bits per heavy atom. The van der Waals surface area contributed by atoms with Gasteiger partial charge in [-0.1, -0.05) is 6.92 Å². The summed E-state index contributed by atoms with van der Waals surface area (Å²) in [6.07, 6.45) is 6.90. The van der Waals surface area contributed by atoms with Gasteiger partial charge in [-0.2, -0.15) is 4.98 Å². The molecule has 4 atom stereocenters. The van der Waals surface area contributed by atoms with Crippen molar-refractivity contribution in [3.8, 4) is 0 Å². The first kappa shape index (κ1) is 19.9. The van der Waals surface area contributed by atoms with Gasteiger partial charge < -0.3 is 20.4 Å². The number of rotatable bonds is 6. The number of nitrogens with zero attached hydrogens (tertiary/aromatic N) is 4. The fourth-order valence-corrected chi connectivity index (χ4v) is 5.37. The van der Waals surface area contributed by atoms with Gasteiger partial charge in [0.05, 0.1) is 6.04 Å². The van der Waals surface area contributed by atoms with Crippen LogP contribution in [0.3, 0.4) is 0 Å². The van der Waals surface area contributed by atoms with Crippen LogP contribution in [0.4, 0.5) is 11.8 Å². The summed E-state index contributed by atoms with van der Waals surface area (Å²) >= 11 is 0. The molecule has 0 aliphatic carbocycles. The highest BCUT2D eigenvalue weighted by Gasteiger charge is 2.49. The molecule has 0 spiro atoms. The molecule has 1 aromatic rings. The maximum Gasteiger partial charge on any atom is 0.227 e. The molecule has 2 amide bonds. The molecule has 2 bridgehead atoms. The Kier molecular flexibility index (Phi) is 5.87. The summed E-state index contributed by atoms with van der Waals surface area (Å²) in [7, 11) is 1.86. The minimum Gasteiger partial charge on any atom is -0.373 e. The second-order valence-corrected chi connectivity index (χ2v) is 8.53. The molecule has 3 fully saturated rings. The molecule has 3 aliphatic heterocycles. The second kappa shape index (κ2) is 8.55. The van der Waals surface area contributed by atoms with Crippen molar-refractivity contribution in [2.24, 2.45) is 11.8 Å². The maximum atomic E-state index is 12.8. The summed E-state index contributed by atoms with van der Waals surface area (Å²) < 4.78 is 0. The molecule has 158 valence electrons. The van der Waals surface area contributed by atoms with Crippen LogP contribution in [0.1, 0.15) is 45.4 Å². The molecule has 29 heavy (non-hydrogen) atoms. The van der Waals surface area contributed by atoms with Crippen molar-refractivity contribution in [1.29, 1.82) is 0 Å². The molecule has 0 unspecified atom stereocenters. The number of carbonyl (C=O) groups is 2. The normalized spacial score (nSPS) is 28.7. The van der Waals surface area contributed by atoms with E-state index in [0.717, 1.165) is 50.5 Å². The molecule has 0 radical (unpaired) electrons. The lowest BCUT2D eigenvalue weighted by atomic mass is 9.72. The van der Waals surface area contributed by atoms with E-state index >= 15 is 0 Å². The average Bonchev–Trinajstić information content (AvgIpc) is 2.74. The van der Waals surface area contributed by atoms with Crippen molar-refractivity contribution < 1.29 is 9.59 Å². The van der Waals surface area contributed by atoms with Crippen molar-refractivity contribution in [2.45, 2.75) is 57.5 Å². The lowest BCUT2D eigenvalue weighted by Crippen LogP contribution is -2.67. The quantitative estimate of drug-likeness (QED) is 0.755. The van der Waals surface area contributed by atoms with Crippen molar-refractivity contribution >= 4 is 23.6 Å². The first-order valence-corrected chi connectivity index (χ1v) is 10.9. The van der Waals surface area contributed by atoms with E-state index in [-0.39, 0.29) is 23.9 Å². The Morgan fingerprint density at radius 2 is 2.14 bits per heavy atom. The number of amides is 2. The highest BCUT2D eigenvalue weighted by atomic mass is 16.2. The average molecular weight is 401 g/mol. The van der Waals surface area contributed by atoms with Crippen LogP contribution >= 0.6 is 0 Å². The van der Waals surface area contributed by atoms with E-state index in [1.54, 1.807) is 6.20 Å². The predicted octanol–water partition coefficient (Wildman–Crippen LogP) is 1.64. The van der Waals surface area contributed by atoms with E-state index < -0.39 is 0 Å². The Labute approximate surface area is 172 Å². The van der Waals surface area contributed by atoms with Crippen molar-refractivity contribution in [1.82, 2.24) is 20.2 Å². The molecule has 2 N–H and O–H groups in total. The summed E-state index contributed by atoms with van der Waals surface area (Å²) in [5.74, 6) is 2.64. The van der Waals surface area contributed by atoms with Crippen LogP contribution in [0.15, 0.2) is 12.3 Å². The van der Waals surface area contributed by atoms with Crippen LogP contribution in [0.25, 0.3) is 0 Å².